The topological polar surface area (TPSA) is 9.23 Å². The molecule has 0 aromatic carbocycles. The van der Waals surface area contributed by atoms with Gasteiger partial charge in [-0.15, -0.1) is 0 Å². The number of ether oxygens (including phenoxy) is 1. The third kappa shape index (κ3) is 2.31. The first-order chi connectivity index (χ1) is 6.52. The molecule has 1 heterocycles. The average Bonchev–Trinajstić information content (AvgIpc) is 2.50. The maximum Gasteiger partial charge on any atom is 0.0629 e. The van der Waals surface area contributed by atoms with Gasteiger partial charge >= 0.3 is 0 Å². The van der Waals surface area contributed by atoms with Crippen molar-refractivity contribution in [3.05, 3.63) is 0 Å². The molecule has 0 amide bonds. The second-order valence-electron chi connectivity index (χ2n) is 5.72. The second kappa shape index (κ2) is 4.22. The van der Waals surface area contributed by atoms with Gasteiger partial charge in [-0.2, -0.15) is 0 Å². The van der Waals surface area contributed by atoms with E-state index in [9.17, 15) is 0 Å². The Bertz CT molecular complexity index is 174. The Hall–Kier alpha value is -0.0400. The Morgan fingerprint density at radius 1 is 1.14 bits per heavy atom. The highest BCUT2D eigenvalue weighted by Gasteiger charge is 2.47. The Kier molecular flexibility index (Phi) is 3.63. The summed E-state index contributed by atoms with van der Waals surface area (Å²) >= 11 is 0. The molecule has 0 aromatic heterocycles. The Balaban J connectivity index is 0.000000461. The van der Waals surface area contributed by atoms with Gasteiger partial charge in [0.25, 0.3) is 0 Å². The van der Waals surface area contributed by atoms with Crippen molar-refractivity contribution in [3.8, 4) is 0 Å². The molecule has 0 aromatic rings. The van der Waals surface area contributed by atoms with Crippen LogP contribution >= 0.6 is 0 Å². The molecule has 1 saturated heterocycles. The molecule has 1 atom stereocenters. The molecule has 1 aliphatic carbocycles. The summed E-state index contributed by atoms with van der Waals surface area (Å²) in [5.74, 6) is 0. The number of hydrogen-bond acceptors (Lipinski definition) is 1. The van der Waals surface area contributed by atoms with E-state index in [2.05, 4.69) is 20.8 Å². The van der Waals surface area contributed by atoms with E-state index >= 15 is 0 Å². The predicted octanol–water partition coefficient (Wildman–Crippen LogP) is 4.02. The highest BCUT2D eigenvalue weighted by molar-refractivity contribution is 4.96. The lowest BCUT2D eigenvalue weighted by atomic mass is 9.66. The lowest BCUT2D eigenvalue weighted by molar-refractivity contribution is 0.0195. The molecule has 1 saturated carbocycles. The van der Waals surface area contributed by atoms with Crippen molar-refractivity contribution in [1.29, 1.82) is 0 Å². The molecule has 1 aliphatic heterocycles. The van der Waals surface area contributed by atoms with Gasteiger partial charge in [0.15, 0.2) is 0 Å². The Labute approximate surface area is 89.2 Å². The third-order valence-corrected chi connectivity index (χ3v) is 3.59. The van der Waals surface area contributed by atoms with Gasteiger partial charge in [0.1, 0.15) is 0 Å². The minimum absolute atomic E-state index is 0.346. The zero-order chi connectivity index (χ0) is 10.8. The van der Waals surface area contributed by atoms with E-state index in [1.807, 2.05) is 13.8 Å². The van der Waals surface area contributed by atoms with Crippen LogP contribution in [0.1, 0.15) is 60.3 Å². The van der Waals surface area contributed by atoms with Crippen molar-refractivity contribution in [1.82, 2.24) is 0 Å². The van der Waals surface area contributed by atoms with Crippen LogP contribution in [-0.4, -0.2) is 12.7 Å². The summed E-state index contributed by atoms with van der Waals surface area (Å²) < 4.78 is 5.88. The Morgan fingerprint density at radius 3 is 1.93 bits per heavy atom. The average molecular weight is 198 g/mol. The molecular weight excluding hydrogens is 172 g/mol. The molecule has 84 valence electrons. The predicted molar refractivity (Wildman–Crippen MR) is 61.4 cm³/mol. The molecule has 1 unspecified atom stereocenters. The molecule has 0 bridgehead atoms. The molecule has 0 N–H and O–H groups in total. The molecule has 2 fully saturated rings. The van der Waals surface area contributed by atoms with E-state index in [1.165, 1.54) is 25.7 Å². The summed E-state index contributed by atoms with van der Waals surface area (Å²) in [7, 11) is 0. The number of rotatable bonds is 0. The van der Waals surface area contributed by atoms with Gasteiger partial charge in [0, 0.05) is 0 Å². The number of hydrogen-bond donors (Lipinski definition) is 0. The van der Waals surface area contributed by atoms with E-state index in [0.29, 0.717) is 16.9 Å². The molecule has 14 heavy (non-hydrogen) atoms. The Morgan fingerprint density at radius 2 is 1.71 bits per heavy atom. The molecule has 1 heteroatoms. The second-order valence-corrected chi connectivity index (χ2v) is 5.72. The van der Waals surface area contributed by atoms with Gasteiger partial charge in [0.2, 0.25) is 0 Å². The van der Waals surface area contributed by atoms with E-state index < -0.39 is 0 Å². The molecule has 2 rings (SSSR count). The van der Waals surface area contributed by atoms with Gasteiger partial charge in [-0.25, -0.2) is 0 Å². The lowest BCUT2D eigenvalue weighted by Gasteiger charge is -2.37. The fraction of sp³-hybridized carbons (Fsp3) is 1.00. The van der Waals surface area contributed by atoms with E-state index in [4.69, 9.17) is 4.74 Å². The maximum atomic E-state index is 5.88. The summed E-state index contributed by atoms with van der Waals surface area (Å²) in [6, 6.07) is 0. The minimum Gasteiger partial charge on any atom is -0.377 e. The van der Waals surface area contributed by atoms with Gasteiger partial charge < -0.3 is 4.74 Å². The van der Waals surface area contributed by atoms with Crippen LogP contribution in [0.2, 0.25) is 0 Å². The smallest absolute Gasteiger partial charge is 0.0629 e. The summed E-state index contributed by atoms with van der Waals surface area (Å²) in [6.07, 6.45) is 6.09. The minimum atomic E-state index is 0.346. The van der Waals surface area contributed by atoms with Crippen molar-refractivity contribution in [2.45, 2.75) is 66.4 Å². The van der Waals surface area contributed by atoms with Crippen molar-refractivity contribution in [2.24, 2.45) is 10.8 Å². The van der Waals surface area contributed by atoms with Gasteiger partial charge in [-0.1, -0.05) is 41.0 Å². The first-order valence-electron chi connectivity index (χ1n) is 6.14. The SMILES string of the molecule is CC.CC(C)(C)C1CC2(CCC2)CO1. The molecule has 0 radical (unpaired) electrons. The van der Waals surface area contributed by atoms with Crippen LogP contribution in [-0.2, 0) is 4.74 Å². The van der Waals surface area contributed by atoms with Crippen LogP contribution < -0.4 is 0 Å². The first kappa shape index (κ1) is 12.0. The third-order valence-electron chi connectivity index (χ3n) is 3.59. The standard InChI is InChI=1S/C11H20O.C2H6/c1-10(2,3)9-7-11(8-12-9)5-4-6-11;1-2/h9H,4-8H2,1-3H3;1-2H3. The van der Waals surface area contributed by atoms with Crippen LogP contribution in [0, 0.1) is 10.8 Å². The summed E-state index contributed by atoms with van der Waals surface area (Å²) in [6.45, 7) is 11.9. The van der Waals surface area contributed by atoms with Gasteiger partial charge in [-0.05, 0) is 30.1 Å². The highest BCUT2D eigenvalue weighted by atomic mass is 16.5. The van der Waals surface area contributed by atoms with Crippen LogP contribution in [0.3, 0.4) is 0 Å². The normalized spacial score (nSPS) is 29.4. The summed E-state index contributed by atoms with van der Waals surface area (Å²) in [4.78, 5) is 0. The largest absolute Gasteiger partial charge is 0.377 e. The molecular formula is C13H26O. The fourth-order valence-corrected chi connectivity index (χ4v) is 2.37. The zero-order valence-corrected chi connectivity index (χ0v) is 10.5. The van der Waals surface area contributed by atoms with Crippen molar-refractivity contribution in [2.75, 3.05) is 6.61 Å². The van der Waals surface area contributed by atoms with E-state index in [1.54, 1.807) is 0 Å². The molecule has 1 spiro atoms. The summed E-state index contributed by atoms with van der Waals surface area (Å²) in [5, 5.41) is 0. The maximum absolute atomic E-state index is 5.88. The van der Waals surface area contributed by atoms with Gasteiger partial charge in [0.05, 0.1) is 12.7 Å². The lowest BCUT2D eigenvalue weighted by Crippen LogP contribution is -2.31. The molecule has 2 aliphatic rings. The van der Waals surface area contributed by atoms with Crippen LogP contribution in [0.4, 0.5) is 0 Å². The van der Waals surface area contributed by atoms with Crippen LogP contribution in [0.5, 0.6) is 0 Å². The van der Waals surface area contributed by atoms with Crippen LogP contribution in [0.25, 0.3) is 0 Å². The van der Waals surface area contributed by atoms with Crippen molar-refractivity contribution < 1.29 is 4.74 Å². The van der Waals surface area contributed by atoms with Crippen molar-refractivity contribution >= 4 is 0 Å². The zero-order valence-electron chi connectivity index (χ0n) is 10.5. The molecule has 1 nitrogen and oxygen atoms in total. The van der Waals surface area contributed by atoms with Gasteiger partial charge in [-0.3, -0.25) is 0 Å². The fourth-order valence-electron chi connectivity index (χ4n) is 2.37. The van der Waals surface area contributed by atoms with Crippen molar-refractivity contribution in [3.63, 3.8) is 0 Å². The van der Waals surface area contributed by atoms with E-state index in [-0.39, 0.29) is 0 Å². The van der Waals surface area contributed by atoms with E-state index in [0.717, 1.165) is 6.61 Å². The monoisotopic (exact) mass is 198 g/mol. The quantitative estimate of drug-likeness (QED) is 0.571. The highest BCUT2D eigenvalue weighted by Crippen LogP contribution is 2.51. The van der Waals surface area contributed by atoms with Crippen LogP contribution in [0.15, 0.2) is 0 Å². The first-order valence-corrected chi connectivity index (χ1v) is 6.14. The summed E-state index contributed by atoms with van der Waals surface area (Å²) in [5.41, 5.74) is 0.969.